The molecule has 4 N–H and O–H groups in total. The van der Waals surface area contributed by atoms with Crippen molar-refractivity contribution in [2.24, 2.45) is 0 Å². The molecule has 0 radical (unpaired) electrons. The maximum atomic E-state index is 13.6. The van der Waals surface area contributed by atoms with Crippen LogP contribution in [0.1, 0.15) is 36.6 Å². The van der Waals surface area contributed by atoms with Crippen LogP contribution in [0.3, 0.4) is 0 Å². The molecule has 8 heteroatoms. The lowest BCUT2D eigenvalue weighted by Gasteiger charge is -2.06. The molecule has 182 valence electrons. The van der Waals surface area contributed by atoms with Crippen LogP contribution < -0.4 is 10.6 Å². The SMILES string of the molecule is F[C@@H]1CN[C@H](c2nc3ccc(-c4ccc(-c5ccc6nc([C@@H]7C[C@H](F)CN7)[nH]c6c5)cc4)cc3[nH]2)C1. The third-order valence-corrected chi connectivity index (χ3v) is 7.37. The van der Waals surface area contributed by atoms with Gasteiger partial charge in [-0.1, -0.05) is 36.4 Å². The zero-order valence-corrected chi connectivity index (χ0v) is 19.6. The number of benzene rings is 3. The van der Waals surface area contributed by atoms with E-state index in [9.17, 15) is 8.78 Å². The first kappa shape index (κ1) is 21.6. The summed E-state index contributed by atoms with van der Waals surface area (Å²) in [4.78, 5) is 16.1. The molecule has 0 amide bonds. The van der Waals surface area contributed by atoms with E-state index >= 15 is 0 Å². The first-order valence-electron chi connectivity index (χ1n) is 12.4. The number of aromatic nitrogens is 4. The summed E-state index contributed by atoms with van der Waals surface area (Å²) in [6.07, 6.45) is -0.728. The number of fused-ring (bicyclic) bond motifs is 2. The topological polar surface area (TPSA) is 81.4 Å². The highest BCUT2D eigenvalue weighted by Gasteiger charge is 2.28. The predicted molar refractivity (Wildman–Crippen MR) is 137 cm³/mol. The molecule has 7 rings (SSSR count). The van der Waals surface area contributed by atoms with Crippen LogP contribution in [-0.4, -0.2) is 45.4 Å². The number of nitrogens with one attached hydrogen (secondary N) is 4. The Morgan fingerprint density at radius 1 is 0.583 bits per heavy atom. The van der Waals surface area contributed by atoms with Gasteiger partial charge in [0.25, 0.3) is 0 Å². The molecule has 2 saturated heterocycles. The molecule has 36 heavy (non-hydrogen) atoms. The average Bonchev–Trinajstić information content (AvgIpc) is 3.68. The van der Waals surface area contributed by atoms with Crippen LogP contribution in [0.25, 0.3) is 44.3 Å². The summed E-state index contributed by atoms with van der Waals surface area (Å²) in [5, 5.41) is 6.37. The Kier molecular flexibility index (Phi) is 5.11. The van der Waals surface area contributed by atoms with Gasteiger partial charge < -0.3 is 20.6 Å². The highest BCUT2D eigenvalue weighted by molar-refractivity contribution is 5.84. The van der Waals surface area contributed by atoms with E-state index in [1.807, 2.05) is 12.1 Å². The van der Waals surface area contributed by atoms with Gasteiger partial charge in [0.2, 0.25) is 0 Å². The largest absolute Gasteiger partial charge is 0.341 e. The molecule has 2 aliphatic heterocycles. The minimum absolute atomic E-state index is 0.0616. The summed E-state index contributed by atoms with van der Waals surface area (Å²) in [6.45, 7) is 0.760. The predicted octanol–water partition coefficient (Wildman–Crippen LogP) is 5.52. The van der Waals surface area contributed by atoms with Gasteiger partial charge in [0.05, 0.1) is 34.2 Å². The highest BCUT2D eigenvalue weighted by atomic mass is 19.1. The van der Waals surface area contributed by atoms with Crippen molar-refractivity contribution >= 4 is 22.1 Å². The molecule has 4 atom stereocenters. The number of imidazole rings is 2. The fourth-order valence-corrected chi connectivity index (χ4v) is 5.40. The third-order valence-electron chi connectivity index (χ3n) is 7.37. The lowest BCUT2D eigenvalue weighted by molar-refractivity contribution is 0.354. The molecule has 0 saturated carbocycles. The van der Waals surface area contributed by atoms with Crippen molar-refractivity contribution in [2.75, 3.05) is 13.1 Å². The van der Waals surface area contributed by atoms with Gasteiger partial charge in [0, 0.05) is 25.9 Å². The summed E-state index contributed by atoms with van der Waals surface area (Å²) in [6, 6.07) is 20.7. The van der Waals surface area contributed by atoms with Crippen molar-refractivity contribution in [3.05, 3.63) is 72.3 Å². The lowest BCUT2D eigenvalue weighted by Crippen LogP contribution is -2.14. The van der Waals surface area contributed by atoms with Crippen LogP contribution in [0.5, 0.6) is 0 Å². The smallest absolute Gasteiger partial charge is 0.124 e. The zero-order chi connectivity index (χ0) is 24.2. The van der Waals surface area contributed by atoms with E-state index in [1.165, 1.54) is 0 Å². The molecular formula is C28H26F2N6. The normalized spacial score (nSPS) is 24.3. The number of aromatic amines is 2. The number of hydrogen-bond donors (Lipinski definition) is 4. The Labute approximate surface area is 206 Å². The van der Waals surface area contributed by atoms with E-state index in [2.05, 4.69) is 79.1 Å². The van der Waals surface area contributed by atoms with E-state index in [0.29, 0.717) is 25.9 Å². The second-order valence-electron chi connectivity index (χ2n) is 9.87. The van der Waals surface area contributed by atoms with E-state index in [4.69, 9.17) is 0 Å². The minimum Gasteiger partial charge on any atom is -0.341 e. The van der Waals surface area contributed by atoms with Crippen molar-refractivity contribution in [1.82, 2.24) is 30.6 Å². The summed E-state index contributed by atoms with van der Waals surface area (Å²) in [5.41, 5.74) is 8.08. The number of hydrogen-bond acceptors (Lipinski definition) is 4. The van der Waals surface area contributed by atoms with E-state index in [0.717, 1.165) is 56.0 Å². The first-order chi connectivity index (χ1) is 17.6. The first-order valence-corrected chi connectivity index (χ1v) is 12.4. The Morgan fingerprint density at radius 3 is 1.39 bits per heavy atom. The monoisotopic (exact) mass is 484 g/mol. The number of alkyl halides is 2. The number of nitrogens with zero attached hydrogens (tertiary/aromatic N) is 2. The average molecular weight is 485 g/mol. The second-order valence-corrected chi connectivity index (χ2v) is 9.87. The molecule has 2 fully saturated rings. The van der Waals surface area contributed by atoms with E-state index in [-0.39, 0.29) is 12.1 Å². The van der Waals surface area contributed by atoms with Crippen molar-refractivity contribution in [2.45, 2.75) is 37.3 Å². The van der Waals surface area contributed by atoms with Crippen LogP contribution >= 0.6 is 0 Å². The van der Waals surface area contributed by atoms with Crippen molar-refractivity contribution in [3.63, 3.8) is 0 Å². The van der Waals surface area contributed by atoms with Gasteiger partial charge in [-0.05, 0) is 46.5 Å². The van der Waals surface area contributed by atoms with Crippen molar-refractivity contribution in [3.8, 4) is 22.3 Å². The molecule has 4 heterocycles. The summed E-state index contributed by atoms with van der Waals surface area (Å²) in [5.74, 6) is 1.59. The maximum absolute atomic E-state index is 13.6. The van der Waals surface area contributed by atoms with Crippen LogP contribution in [0.4, 0.5) is 8.78 Å². The molecule has 0 aliphatic carbocycles. The number of halogens is 2. The van der Waals surface area contributed by atoms with Gasteiger partial charge in [0.1, 0.15) is 24.0 Å². The Morgan fingerprint density at radius 2 is 1.00 bits per heavy atom. The highest BCUT2D eigenvalue weighted by Crippen LogP contribution is 2.31. The quantitative estimate of drug-likeness (QED) is 0.271. The molecular weight excluding hydrogens is 458 g/mol. The fourth-order valence-electron chi connectivity index (χ4n) is 5.40. The summed E-state index contributed by atoms with van der Waals surface area (Å²) in [7, 11) is 0. The molecule has 0 spiro atoms. The molecule has 2 aromatic heterocycles. The standard InChI is InChI=1S/C28H26F2N6/c29-19-11-25(31-13-19)27-33-21-7-5-17(9-23(21)35-27)15-1-2-16(4-3-15)18-6-8-22-24(10-18)36-28(34-22)26-12-20(30)14-32-26/h1-10,19-20,25-26,31-32H,11-14H2,(H,33,35)(H,34,36)/t19-,20-,25-,26-/m0/s1. The van der Waals surface area contributed by atoms with Gasteiger partial charge in [0.15, 0.2) is 0 Å². The summed E-state index contributed by atoms with van der Waals surface area (Å²) < 4.78 is 27.2. The zero-order valence-electron chi connectivity index (χ0n) is 19.6. The molecule has 0 bridgehead atoms. The molecule has 2 aliphatic rings. The third kappa shape index (κ3) is 3.86. The van der Waals surface area contributed by atoms with Gasteiger partial charge in [-0.3, -0.25) is 0 Å². The van der Waals surface area contributed by atoms with Gasteiger partial charge in [-0.2, -0.15) is 0 Å². The molecule has 6 nitrogen and oxygen atoms in total. The lowest BCUT2D eigenvalue weighted by atomic mass is 10.00. The Balaban J connectivity index is 1.13. The second kappa shape index (κ2) is 8.50. The van der Waals surface area contributed by atoms with Crippen molar-refractivity contribution < 1.29 is 8.78 Å². The van der Waals surface area contributed by atoms with E-state index in [1.54, 1.807) is 0 Å². The van der Waals surface area contributed by atoms with Crippen LogP contribution in [0.15, 0.2) is 60.7 Å². The van der Waals surface area contributed by atoms with Crippen LogP contribution in [-0.2, 0) is 0 Å². The molecule has 0 unspecified atom stereocenters. The van der Waals surface area contributed by atoms with Crippen LogP contribution in [0, 0.1) is 0 Å². The number of H-pyrrole nitrogens is 2. The van der Waals surface area contributed by atoms with Gasteiger partial charge >= 0.3 is 0 Å². The number of rotatable bonds is 4. The van der Waals surface area contributed by atoms with Gasteiger partial charge in [-0.25, -0.2) is 18.7 Å². The Bertz CT molecular complexity index is 1440. The van der Waals surface area contributed by atoms with Crippen molar-refractivity contribution in [1.29, 1.82) is 0 Å². The minimum atomic E-state index is -0.818. The van der Waals surface area contributed by atoms with E-state index < -0.39 is 12.3 Å². The Hall–Kier alpha value is -3.62. The molecule has 5 aromatic rings. The van der Waals surface area contributed by atoms with Crippen LogP contribution in [0.2, 0.25) is 0 Å². The maximum Gasteiger partial charge on any atom is 0.124 e. The summed E-state index contributed by atoms with van der Waals surface area (Å²) >= 11 is 0. The fraction of sp³-hybridized carbons (Fsp3) is 0.286. The van der Waals surface area contributed by atoms with Gasteiger partial charge in [-0.15, -0.1) is 0 Å². The molecule has 3 aromatic carbocycles.